The van der Waals surface area contributed by atoms with Gasteiger partial charge in [-0.25, -0.2) is 4.98 Å². The topological polar surface area (TPSA) is 81.0 Å². The molecule has 1 aromatic heterocycles. The van der Waals surface area contributed by atoms with E-state index in [0.29, 0.717) is 23.6 Å². The predicted molar refractivity (Wildman–Crippen MR) is 75.0 cm³/mol. The molecule has 0 bridgehead atoms. The highest BCUT2D eigenvalue weighted by Crippen LogP contribution is 2.37. The van der Waals surface area contributed by atoms with E-state index in [4.69, 9.17) is 10.5 Å². The fraction of sp³-hybridized carbons (Fsp3) is 0.714. The maximum Gasteiger partial charge on any atom is 0.256 e. The first-order chi connectivity index (χ1) is 9.13. The third-order valence-electron chi connectivity index (χ3n) is 4.13. The molecule has 1 fully saturated rings. The number of nitrogen functional groups attached to an aromatic ring is 1. The highest BCUT2D eigenvalue weighted by Gasteiger charge is 2.35. The van der Waals surface area contributed by atoms with Crippen LogP contribution in [-0.4, -0.2) is 17.1 Å². The van der Waals surface area contributed by atoms with Gasteiger partial charge in [-0.2, -0.15) is 0 Å². The van der Waals surface area contributed by atoms with Gasteiger partial charge in [-0.1, -0.05) is 32.6 Å². The Morgan fingerprint density at radius 2 is 1.95 bits per heavy atom. The van der Waals surface area contributed by atoms with Crippen LogP contribution in [0.3, 0.4) is 0 Å². The first-order valence-corrected chi connectivity index (χ1v) is 7.07. The number of hydrogen-bond donors (Lipinski definition) is 2. The molecule has 0 spiro atoms. The lowest BCUT2D eigenvalue weighted by atomic mass is 9.93. The average molecular weight is 265 g/mol. The Bertz CT molecular complexity index is 488. The molecule has 19 heavy (non-hydrogen) atoms. The van der Waals surface area contributed by atoms with Crippen molar-refractivity contribution in [3.63, 3.8) is 0 Å². The smallest absolute Gasteiger partial charge is 0.256 e. The lowest BCUT2D eigenvalue weighted by Crippen LogP contribution is -2.34. The summed E-state index contributed by atoms with van der Waals surface area (Å²) in [6.45, 7) is 1.90. The summed E-state index contributed by atoms with van der Waals surface area (Å²) in [6, 6.07) is 0. The minimum absolute atomic E-state index is 0.134. The molecule has 1 aromatic rings. The third kappa shape index (κ3) is 2.66. The van der Waals surface area contributed by atoms with Gasteiger partial charge in [0.1, 0.15) is 17.2 Å². The predicted octanol–water partition coefficient (Wildman–Crippen LogP) is 2.11. The number of nitrogens with one attached hydrogen (secondary N) is 1. The van der Waals surface area contributed by atoms with Gasteiger partial charge in [-0.3, -0.25) is 4.79 Å². The van der Waals surface area contributed by atoms with Crippen LogP contribution in [-0.2, 0) is 16.8 Å². The number of methoxy groups -OCH3 is 1. The van der Waals surface area contributed by atoms with Crippen molar-refractivity contribution in [2.24, 2.45) is 0 Å². The van der Waals surface area contributed by atoms with Crippen LogP contribution >= 0.6 is 0 Å². The van der Waals surface area contributed by atoms with Crippen molar-refractivity contribution in [1.82, 2.24) is 9.97 Å². The number of anilines is 1. The van der Waals surface area contributed by atoms with Crippen LogP contribution < -0.4 is 11.3 Å². The van der Waals surface area contributed by atoms with E-state index in [1.54, 1.807) is 7.11 Å². The quantitative estimate of drug-likeness (QED) is 0.820. The molecule has 106 valence electrons. The van der Waals surface area contributed by atoms with E-state index in [1.807, 2.05) is 6.92 Å². The lowest BCUT2D eigenvalue weighted by molar-refractivity contribution is -0.0352. The summed E-state index contributed by atoms with van der Waals surface area (Å²) in [5.74, 6) is 0.929. The minimum Gasteiger partial charge on any atom is -0.383 e. The molecule has 5 nitrogen and oxygen atoms in total. The van der Waals surface area contributed by atoms with Crippen LogP contribution in [0.25, 0.3) is 0 Å². The first kappa shape index (κ1) is 14.1. The first-order valence-electron chi connectivity index (χ1n) is 7.07. The summed E-state index contributed by atoms with van der Waals surface area (Å²) in [5.41, 5.74) is 5.85. The Morgan fingerprint density at radius 1 is 1.32 bits per heavy atom. The normalized spacial score (nSPS) is 19.1. The Labute approximate surface area is 113 Å². The Balaban J connectivity index is 2.46. The number of rotatable bonds is 3. The van der Waals surface area contributed by atoms with Crippen molar-refractivity contribution in [3.05, 3.63) is 21.7 Å². The number of nitrogens with two attached hydrogens (primary N) is 1. The van der Waals surface area contributed by atoms with Gasteiger partial charge in [0.2, 0.25) is 0 Å². The fourth-order valence-electron chi connectivity index (χ4n) is 2.91. The average Bonchev–Trinajstić information content (AvgIpc) is 2.64. The lowest BCUT2D eigenvalue weighted by Gasteiger charge is -2.30. The van der Waals surface area contributed by atoms with Crippen molar-refractivity contribution >= 4 is 5.82 Å². The number of ether oxygens (including phenoxy) is 1. The van der Waals surface area contributed by atoms with Crippen molar-refractivity contribution in [3.8, 4) is 0 Å². The zero-order chi connectivity index (χ0) is 13.9. The van der Waals surface area contributed by atoms with Crippen LogP contribution in [0.4, 0.5) is 5.82 Å². The van der Waals surface area contributed by atoms with Crippen LogP contribution in [0.15, 0.2) is 4.79 Å². The molecule has 0 aromatic carbocycles. The second kappa shape index (κ2) is 5.74. The molecular weight excluding hydrogens is 242 g/mol. The summed E-state index contributed by atoms with van der Waals surface area (Å²) in [5, 5.41) is 0. The van der Waals surface area contributed by atoms with Crippen LogP contribution in [0, 0.1) is 0 Å². The SMILES string of the molecule is CCc1c(N)nc(C2(OC)CCCCCC2)[nH]c1=O. The minimum atomic E-state index is -0.476. The molecule has 1 aliphatic rings. The standard InChI is InChI=1S/C14H23N3O2/c1-3-10-11(15)16-13(17-12(10)18)14(19-2)8-6-4-5-7-9-14/h3-9H2,1-2H3,(H3,15,16,17,18). The van der Waals surface area contributed by atoms with Crippen molar-refractivity contribution < 1.29 is 4.74 Å². The molecule has 2 rings (SSSR count). The van der Waals surface area contributed by atoms with E-state index in [0.717, 1.165) is 25.7 Å². The van der Waals surface area contributed by atoms with Gasteiger partial charge in [0, 0.05) is 7.11 Å². The molecule has 0 radical (unpaired) electrons. The van der Waals surface area contributed by atoms with Crippen LogP contribution in [0.1, 0.15) is 56.8 Å². The van der Waals surface area contributed by atoms with Crippen molar-refractivity contribution in [2.75, 3.05) is 12.8 Å². The number of aromatic nitrogens is 2. The molecule has 0 atom stereocenters. The Kier molecular flexibility index (Phi) is 4.24. The molecule has 0 aliphatic heterocycles. The van der Waals surface area contributed by atoms with E-state index >= 15 is 0 Å². The second-order valence-electron chi connectivity index (χ2n) is 5.24. The van der Waals surface area contributed by atoms with Gasteiger partial charge in [-0.05, 0) is 19.3 Å². The van der Waals surface area contributed by atoms with E-state index in [-0.39, 0.29) is 5.56 Å². The van der Waals surface area contributed by atoms with E-state index in [2.05, 4.69) is 9.97 Å². The third-order valence-corrected chi connectivity index (χ3v) is 4.13. The molecule has 1 aliphatic carbocycles. The summed E-state index contributed by atoms with van der Waals surface area (Å²) in [6.07, 6.45) is 6.96. The maximum absolute atomic E-state index is 12.0. The van der Waals surface area contributed by atoms with E-state index in [1.165, 1.54) is 12.8 Å². The fourth-order valence-corrected chi connectivity index (χ4v) is 2.91. The zero-order valence-electron chi connectivity index (χ0n) is 11.8. The number of hydrogen-bond acceptors (Lipinski definition) is 4. The summed E-state index contributed by atoms with van der Waals surface area (Å²) in [4.78, 5) is 19.3. The van der Waals surface area contributed by atoms with Crippen LogP contribution in [0.5, 0.6) is 0 Å². The highest BCUT2D eigenvalue weighted by atomic mass is 16.5. The van der Waals surface area contributed by atoms with Crippen molar-refractivity contribution in [2.45, 2.75) is 57.5 Å². The molecule has 1 heterocycles. The Morgan fingerprint density at radius 3 is 2.42 bits per heavy atom. The van der Waals surface area contributed by atoms with Gasteiger partial charge in [-0.15, -0.1) is 0 Å². The van der Waals surface area contributed by atoms with E-state index in [9.17, 15) is 4.79 Å². The molecule has 1 saturated carbocycles. The van der Waals surface area contributed by atoms with Gasteiger partial charge < -0.3 is 15.5 Å². The highest BCUT2D eigenvalue weighted by molar-refractivity contribution is 5.38. The summed E-state index contributed by atoms with van der Waals surface area (Å²) in [7, 11) is 1.69. The number of nitrogens with zero attached hydrogens (tertiary/aromatic N) is 1. The van der Waals surface area contributed by atoms with Gasteiger partial charge >= 0.3 is 0 Å². The van der Waals surface area contributed by atoms with Gasteiger partial charge in [0.05, 0.1) is 5.56 Å². The monoisotopic (exact) mass is 265 g/mol. The summed E-state index contributed by atoms with van der Waals surface area (Å²) >= 11 is 0. The molecular formula is C14H23N3O2. The van der Waals surface area contributed by atoms with Crippen LogP contribution in [0.2, 0.25) is 0 Å². The summed E-state index contributed by atoms with van der Waals surface area (Å²) < 4.78 is 5.74. The van der Waals surface area contributed by atoms with E-state index < -0.39 is 5.60 Å². The Hall–Kier alpha value is -1.36. The molecule has 3 N–H and O–H groups in total. The number of H-pyrrole nitrogens is 1. The van der Waals surface area contributed by atoms with Gasteiger partial charge in [0.25, 0.3) is 5.56 Å². The molecule has 0 saturated heterocycles. The zero-order valence-corrected chi connectivity index (χ0v) is 11.8. The number of aromatic amines is 1. The molecule has 5 heteroatoms. The molecule has 0 amide bonds. The molecule has 0 unspecified atom stereocenters. The van der Waals surface area contributed by atoms with Gasteiger partial charge in [0.15, 0.2) is 0 Å². The largest absolute Gasteiger partial charge is 0.383 e. The van der Waals surface area contributed by atoms with Crippen molar-refractivity contribution in [1.29, 1.82) is 0 Å². The maximum atomic E-state index is 12.0. The second-order valence-corrected chi connectivity index (χ2v) is 5.24.